The minimum Gasteiger partial charge on any atom is -0.348 e. The molecule has 28 heavy (non-hydrogen) atoms. The van der Waals surface area contributed by atoms with Crippen molar-refractivity contribution in [3.63, 3.8) is 0 Å². The minimum atomic E-state index is -0.655. The van der Waals surface area contributed by atoms with Crippen molar-refractivity contribution in [3.05, 3.63) is 60.2 Å². The highest BCUT2D eigenvalue weighted by Crippen LogP contribution is 2.27. The summed E-state index contributed by atoms with van der Waals surface area (Å²) in [4.78, 5) is 31.4. The molecule has 3 amide bonds. The third kappa shape index (κ3) is 3.31. The molecule has 7 nitrogen and oxygen atoms in total. The fraction of sp³-hybridized carbons (Fsp3) is 0.286. The molecule has 0 bridgehead atoms. The summed E-state index contributed by atoms with van der Waals surface area (Å²) in [5.41, 5.74) is 2.88. The van der Waals surface area contributed by atoms with Crippen molar-refractivity contribution in [2.24, 2.45) is 0 Å². The van der Waals surface area contributed by atoms with Crippen LogP contribution in [0.3, 0.4) is 0 Å². The van der Waals surface area contributed by atoms with Gasteiger partial charge in [-0.1, -0.05) is 42.5 Å². The van der Waals surface area contributed by atoms with E-state index in [1.54, 1.807) is 11.8 Å². The molecule has 4 rings (SSSR count). The van der Waals surface area contributed by atoms with Gasteiger partial charge in [0.1, 0.15) is 6.04 Å². The molecular weight excluding hydrogens is 354 g/mol. The van der Waals surface area contributed by atoms with Gasteiger partial charge in [0.2, 0.25) is 11.9 Å². The highest BCUT2D eigenvalue weighted by molar-refractivity contribution is 5.96. The number of carbonyl (C=O) groups excluding carboxylic acids is 2. The van der Waals surface area contributed by atoms with Crippen LogP contribution in [0.4, 0.5) is 10.7 Å². The van der Waals surface area contributed by atoms with Crippen LogP contribution in [0.2, 0.25) is 0 Å². The summed E-state index contributed by atoms with van der Waals surface area (Å²) in [5, 5.41) is 5.72. The molecule has 0 saturated carbocycles. The Morgan fingerprint density at radius 1 is 0.964 bits per heavy atom. The number of hydrogen-bond donors (Lipinski definition) is 2. The van der Waals surface area contributed by atoms with Crippen LogP contribution in [0, 0.1) is 0 Å². The Bertz CT molecular complexity index is 1010. The monoisotopic (exact) mass is 377 g/mol. The number of urea groups is 1. The number of amides is 3. The second-order valence-electron chi connectivity index (χ2n) is 7.02. The summed E-state index contributed by atoms with van der Waals surface area (Å²) in [6.45, 7) is 4.83. The van der Waals surface area contributed by atoms with Gasteiger partial charge in [-0.2, -0.15) is 0 Å². The van der Waals surface area contributed by atoms with E-state index in [-0.39, 0.29) is 18.0 Å². The molecule has 2 N–H and O–H groups in total. The average Bonchev–Trinajstić information content (AvgIpc) is 3.27. The maximum atomic E-state index is 12.7. The lowest BCUT2D eigenvalue weighted by molar-refractivity contribution is -0.123. The molecule has 2 aromatic carbocycles. The molecule has 0 aliphatic carbocycles. The molecule has 2 heterocycles. The number of nitrogens with zero attached hydrogens (tertiary/aromatic N) is 3. The largest absolute Gasteiger partial charge is 0.348 e. The van der Waals surface area contributed by atoms with Crippen molar-refractivity contribution in [1.29, 1.82) is 0 Å². The van der Waals surface area contributed by atoms with Crippen molar-refractivity contribution < 1.29 is 9.59 Å². The van der Waals surface area contributed by atoms with E-state index >= 15 is 0 Å². The van der Waals surface area contributed by atoms with Crippen LogP contribution < -0.4 is 15.5 Å². The number of nitrogens with one attached hydrogen (secondary N) is 2. The third-order valence-electron chi connectivity index (χ3n) is 5.06. The normalized spacial score (nSPS) is 15.1. The predicted octanol–water partition coefficient (Wildman–Crippen LogP) is 2.83. The number of rotatable bonds is 4. The Labute approximate surface area is 163 Å². The molecular formula is C21H23N5O2. The highest BCUT2D eigenvalue weighted by Gasteiger charge is 2.30. The molecule has 1 aliphatic heterocycles. The van der Waals surface area contributed by atoms with Gasteiger partial charge < -0.3 is 15.2 Å². The number of hydrogen-bond acceptors (Lipinski definition) is 3. The summed E-state index contributed by atoms with van der Waals surface area (Å²) >= 11 is 0. The second-order valence-corrected chi connectivity index (χ2v) is 7.02. The summed E-state index contributed by atoms with van der Waals surface area (Å²) in [6.07, 6.45) is 0. The average molecular weight is 377 g/mol. The van der Waals surface area contributed by atoms with Gasteiger partial charge >= 0.3 is 6.03 Å². The van der Waals surface area contributed by atoms with Gasteiger partial charge in [0.15, 0.2) is 0 Å². The zero-order valence-electron chi connectivity index (χ0n) is 15.9. The van der Waals surface area contributed by atoms with Crippen LogP contribution in [0.5, 0.6) is 0 Å². The summed E-state index contributed by atoms with van der Waals surface area (Å²) in [5.74, 6) is 0.390. The Balaban J connectivity index is 1.41. The third-order valence-corrected chi connectivity index (χ3v) is 5.06. The molecule has 0 fully saturated rings. The van der Waals surface area contributed by atoms with E-state index in [2.05, 4.69) is 15.6 Å². The summed E-state index contributed by atoms with van der Waals surface area (Å²) in [6, 6.07) is 16.4. The molecule has 0 radical (unpaired) electrons. The van der Waals surface area contributed by atoms with Gasteiger partial charge in [-0.3, -0.25) is 9.69 Å². The zero-order valence-corrected chi connectivity index (χ0v) is 15.9. The van der Waals surface area contributed by atoms with Gasteiger partial charge in [-0.05, 0) is 31.5 Å². The lowest BCUT2D eigenvalue weighted by atomic mass is 10.1. The molecule has 0 saturated heterocycles. The van der Waals surface area contributed by atoms with Crippen molar-refractivity contribution in [2.75, 3.05) is 11.4 Å². The van der Waals surface area contributed by atoms with Crippen LogP contribution in [0.15, 0.2) is 54.6 Å². The van der Waals surface area contributed by atoms with Crippen molar-refractivity contribution in [2.45, 2.75) is 32.5 Å². The zero-order chi connectivity index (χ0) is 19.7. The van der Waals surface area contributed by atoms with Gasteiger partial charge in [-0.25, -0.2) is 9.78 Å². The summed E-state index contributed by atoms with van der Waals surface area (Å²) < 4.78 is 2.02. The molecule has 1 aliphatic rings. The first kappa shape index (κ1) is 18.0. The van der Waals surface area contributed by atoms with Crippen LogP contribution in [-0.4, -0.2) is 34.1 Å². The van der Waals surface area contributed by atoms with Crippen molar-refractivity contribution in [1.82, 2.24) is 20.2 Å². The number of carbonyl (C=O) groups is 2. The van der Waals surface area contributed by atoms with Gasteiger partial charge in [0, 0.05) is 13.1 Å². The van der Waals surface area contributed by atoms with E-state index in [9.17, 15) is 9.59 Å². The molecule has 1 aromatic heterocycles. The van der Waals surface area contributed by atoms with E-state index in [0.717, 1.165) is 16.6 Å². The van der Waals surface area contributed by atoms with E-state index < -0.39 is 6.04 Å². The number of anilines is 1. The standard InChI is InChI=1S/C21H23N5O2/c1-14(16-8-4-3-5-9-16)22-19(27)15(2)23-21(28)26-13-12-25-18-11-7-6-10-17(18)24-20(25)26/h3-11,14-15H,12-13H2,1-2H3,(H,22,27)(H,23,28)/t14-,15-/m0/s1. The fourth-order valence-corrected chi connectivity index (χ4v) is 3.47. The maximum absolute atomic E-state index is 12.7. The molecule has 3 aromatic rings. The number of aromatic nitrogens is 2. The summed E-state index contributed by atoms with van der Waals surface area (Å²) in [7, 11) is 0. The molecule has 0 unspecified atom stereocenters. The second kappa shape index (κ2) is 7.34. The van der Waals surface area contributed by atoms with Crippen molar-refractivity contribution in [3.8, 4) is 0 Å². The van der Waals surface area contributed by atoms with Crippen molar-refractivity contribution >= 4 is 28.9 Å². The fourth-order valence-electron chi connectivity index (χ4n) is 3.47. The first-order chi connectivity index (χ1) is 13.5. The number of benzene rings is 2. The SMILES string of the molecule is C[C@H](NC(=O)N1CCn2c1nc1ccccc12)C(=O)N[C@@H](C)c1ccccc1. The number of fused-ring (bicyclic) bond motifs is 3. The Kier molecular flexibility index (Phi) is 4.73. The lowest BCUT2D eigenvalue weighted by Gasteiger charge is -2.21. The highest BCUT2D eigenvalue weighted by atomic mass is 16.2. The Hall–Kier alpha value is -3.35. The van der Waals surface area contributed by atoms with Gasteiger partial charge in [0.25, 0.3) is 0 Å². The molecule has 2 atom stereocenters. The van der Waals surface area contributed by atoms with Crippen LogP contribution in [0.25, 0.3) is 11.0 Å². The predicted molar refractivity (Wildman–Crippen MR) is 108 cm³/mol. The van der Waals surface area contributed by atoms with E-state index in [1.807, 2.05) is 66.1 Å². The Morgan fingerprint density at radius 3 is 2.46 bits per heavy atom. The maximum Gasteiger partial charge on any atom is 0.324 e. The first-order valence-corrected chi connectivity index (χ1v) is 9.43. The van der Waals surface area contributed by atoms with Gasteiger partial charge in [0.05, 0.1) is 17.1 Å². The van der Waals surface area contributed by atoms with E-state index in [1.165, 1.54) is 0 Å². The molecule has 144 valence electrons. The lowest BCUT2D eigenvalue weighted by Crippen LogP contribution is -2.50. The van der Waals surface area contributed by atoms with Crippen LogP contribution in [0.1, 0.15) is 25.5 Å². The molecule has 0 spiro atoms. The first-order valence-electron chi connectivity index (χ1n) is 9.43. The smallest absolute Gasteiger partial charge is 0.324 e. The number of imidazole rings is 1. The number of para-hydroxylation sites is 2. The minimum absolute atomic E-state index is 0.135. The Morgan fingerprint density at radius 2 is 1.68 bits per heavy atom. The van der Waals surface area contributed by atoms with Crippen LogP contribution >= 0.6 is 0 Å². The molecule has 7 heteroatoms. The van der Waals surface area contributed by atoms with Gasteiger partial charge in [-0.15, -0.1) is 0 Å². The quantitative estimate of drug-likeness (QED) is 0.734. The van der Waals surface area contributed by atoms with E-state index in [4.69, 9.17) is 0 Å². The topological polar surface area (TPSA) is 79.3 Å². The van der Waals surface area contributed by atoms with E-state index in [0.29, 0.717) is 19.0 Å². The van der Waals surface area contributed by atoms with Crippen LogP contribution in [-0.2, 0) is 11.3 Å².